The average molecular weight is 519 g/mol. The van der Waals surface area contributed by atoms with E-state index in [4.69, 9.17) is 9.29 Å². The second-order valence-corrected chi connectivity index (χ2v) is 9.23. The number of hydrogen-bond donors (Lipinski definition) is 3. The minimum atomic E-state index is -4.90. The molecule has 35 heavy (non-hydrogen) atoms. The zero-order valence-electron chi connectivity index (χ0n) is 18.4. The van der Waals surface area contributed by atoms with Gasteiger partial charge in [0.1, 0.15) is 17.3 Å². The molecule has 1 aliphatic carbocycles. The van der Waals surface area contributed by atoms with Crippen LogP contribution in [0.5, 0.6) is 5.75 Å². The van der Waals surface area contributed by atoms with Crippen molar-refractivity contribution in [3.05, 3.63) is 52.6 Å². The average Bonchev–Trinajstić information content (AvgIpc) is 3.26. The molecule has 3 N–H and O–H groups in total. The van der Waals surface area contributed by atoms with Gasteiger partial charge in [0.25, 0.3) is 5.56 Å². The first-order valence-electron chi connectivity index (χ1n) is 10.6. The molecule has 2 heterocycles. The molecule has 1 fully saturated rings. The molecule has 1 saturated carbocycles. The van der Waals surface area contributed by atoms with Crippen molar-refractivity contribution in [2.24, 2.45) is 7.05 Å². The monoisotopic (exact) mass is 519 g/mol. The summed E-state index contributed by atoms with van der Waals surface area (Å²) in [6.45, 7) is 0. The second-order valence-electron chi connectivity index (χ2n) is 8.50. The van der Waals surface area contributed by atoms with Crippen LogP contribution in [-0.4, -0.2) is 36.5 Å². The Morgan fingerprint density at radius 2 is 1.91 bits per heavy atom. The molecule has 1 aromatic carbocycles. The predicted molar refractivity (Wildman–Crippen MR) is 120 cm³/mol. The number of aromatic nitrogens is 2. The van der Waals surface area contributed by atoms with Gasteiger partial charge in [-0.3, -0.25) is 9.35 Å². The number of aryl methyl sites for hydroxylation is 1. The van der Waals surface area contributed by atoms with E-state index in [9.17, 15) is 31.0 Å². The normalized spacial score (nSPS) is 18.5. The number of benzene rings is 1. The lowest BCUT2D eigenvalue weighted by molar-refractivity contribution is -0.153. The fourth-order valence-corrected chi connectivity index (χ4v) is 4.73. The summed E-state index contributed by atoms with van der Waals surface area (Å²) in [5.74, 6) is -2.64. The third-order valence-corrected chi connectivity index (χ3v) is 6.46. The van der Waals surface area contributed by atoms with Gasteiger partial charge in [-0.05, 0) is 36.6 Å². The topological polar surface area (TPSA) is 96.3 Å². The van der Waals surface area contributed by atoms with Crippen LogP contribution in [-0.2, 0) is 18.3 Å². The van der Waals surface area contributed by atoms with Gasteiger partial charge in [0.2, 0.25) is 17.2 Å². The molecule has 0 saturated heterocycles. The number of nitrogens with one attached hydrogen (secondary N) is 2. The molecule has 1 aliphatic rings. The Hall–Kier alpha value is -2.77. The number of nitrogens with zero attached hydrogens (tertiary/aromatic N) is 1. The van der Waals surface area contributed by atoms with Crippen LogP contribution >= 0.6 is 0 Å². The highest BCUT2D eigenvalue weighted by molar-refractivity contribution is 7.77. The molecule has 2 atom stereocenters. The first kappa shape index (κ1) is 25.3. The van der Waals surface area contributed by atoms with Gasteiger partial charge in [-0.25, -0.2) is 13.0 Å². The third-order valence-electron chi connectivity index (χ3n) is 6.03. The highest BCUT2D eigenvalue weighted by Gasteiger charge is 2.42. The molecule has 0 spiro atoms. The number of H-pyrrole nitrogens is 1. The molecule has 0 amide bonds. The van der Waals surface area contributed by atoms with Crippen LogP contribution in [0.4, 0.5) is 22.0 Å². The first-order chi connectivity index (χ1) is 16.4. The zero-order chi connectivity index (χ0) is 25.5. The van der Waals surface area contributed by atoms with E-state index in [-0.39, 0.29) is 53.6 Å². The van der Waals surface area contributed by atoms with Crippen LogP contribution in [0.3, 0.4) is 0 Å². The van der Waals surface area contributed by atoms with E-state index >= 15 is 0 Å². The number of aromatic amines is 1. The Kier molecular flexibility index (Phi) is 6.77. The highest BCUT2D eigenvalue weighted by atomic mass is 32.2. The number of halogens is 5. The van der Waals surface area contributed by atoms with Gasteiger partial charge < -0.3 is 14.3 Å². The van der Waals surface area contributed by atoms with Crippen LogP contribution in [0, 0.1) is 0 Å². The van der Waals surface area contributed by atoms with Gasteiger partial charge in [-0.2, -0.15) is 17.9 Å². The molecule has 0 aliphatic heterocycles. The number of rotatable bonds is 6. The third kappa shape index (κ3) is 5.41. The van der Waals surface area contributed by atoms with Crippen LogP contribution < -0.4 is 15.0 Å². The van der Waals surface area contributed by atoms with Crippen molar-refractivity contribution in [2.45, 2.75) is 49.9 Å². The minimum Gasteiger partial charge on any atom is -0.490 e. The van der Waals surface area contributed by atoms with E-state index in [1.807, 2.05) is 0 Å². The molecule has 13 heteroatoms. The lowest BCUT2D eigenvalue weighted by Crippen LogP contribution is -2.35. The van der Waals surface area contributed by atoms with Gasteiger partial charge in [0.15, 0.2) is 0 Å². The highest BCUT2D eigenvalue weighted by Crippen LogP contribution is 2.42. The van der Waals surface area contributed by atoms with Crippen molar-refractivity contribution in [3.8, 4) is 16.9 Å². The SMILES string of the molecule is Cn1cc(-c2cc(C(NS(=O)O)C(F)(F)F)ccc2OC2CCC(F)(F)CC2)c2cc[nH]c2c1=O. The second kappa shape index (κ2) is 9.36. The summed E-state index contributed by atoms with van der Waals surface area (Å²) < 4.78 is 97.4. The summed E-state index contributed by atoms with van der Waals surface area (Å²) in [5, 5.41) is 0.424. The molecule has 0 bridgehead atoms. The number of pyridine rings is 1. The largest absolute Gasteiger partial charge is 0.490 e. The van der Waals surface area contributed by atoms with E-state index in [0.29, 0.717) is 10.9 Å². The van der Waals surface area contributed by atoms with Crippen LogP contribution in [0.25, 0.3) is 22.0 Å². The number of ether oxygens (including phenoxy) is 1. The minimum absolute atomic E-state index is 0.0667. The number of hydrogen-bond acceptors (Lipinski definition) is 3. The number of fused-ring (bicyclic) bond motifs is 1. The lowest BCUT2D eigenvalue weighted by atomic mass is 9.93. The molecule has 2 unspecified atom stereocenters. The van der Waals surface area contributed by atoms with Crippen LogP contribution in [0.2, 0.25) is 0 Å². The van der Waals surface area contributed by atoms with E-state index in [0.717, 1.165) is 12.1 Å². The summed E-state index contributed by atoms with van der Waals surface area (Å²) >= 11 is -2.96. The Balaban J connectivity index is 1.85. The van der Waals surface area contributed by atoms with Crippen molar-refractivity contribution in [3.63, 3.8) is 0 Å². The molecule has 190 valence electrons. The van der Waals surface area contributed by atoms with Crippen molar-refractivity contribution < 1.29 is 35.5 Å². The Labute approximate surface area is 198 Å². The maximum Gasteiger partial charge on any atom is 0.408 e. The van der Waals surface area contributed by atoms with Gasteiger partial charge in [0, 0.05) is 48.8 Å². The summed E-state index contributed by atoms with van der Waals surface area (Å²) in [4.78, 5) is 15.3. The van der Waals surface area contributed by atoms with Crippen molar-refractivity contribution >= 4 is 22.2 Å². The van der Waals surface area contributed by atoms with Gasteiger partial charge in [-0.15, -0.1) is 0 Å². The van der Waals surface area contributed by atoms with Crippen molar-refractivity contribution in [1.82, 2.24) is 14.3 Å². The Bertz CT molecular complexity index is 1310. The molecular weight excluding hydrogens is 497 g/mol. The summed E-state index contributed by atoms with van der Waals surface area (Å²) in [7, 11) is 1.48. The summed E-state index contributed by atoms with van der Waals surface area (Å²) in [6, 6.07) is 2.67. The Morgan fingerprint density at radius 3 is 2.54 bits per heavy atom. The van der Waals surface area contributed by atoms with Crippen LogP contribution in [0.15, 0.2) is 41.5 Å². The maximum absolute atomic E-state index is 13.7. The quantitative estimate of drug-likeness (QED) is 0.322. The summed E-state index contributed by atoms with van der Waals surface area (Å²) in [6.07, 6.45) is -3.12. The van der Waals surface area contributed by atoms with Gasteiger partial charge >= 0.3 is 6.18 Å². The molecule has 4 rings (SSSR count). The fourth-order valence-electron chi connectivity index (χ4n) is 4.26. The summed E-state index contributed by atoms with van der Waals surface area (Å²) in [5.41, 5.74) is 0.0511. The van der Waals surface area contributed by atoms with Gasteiger partial charge in [0.05, 0.1) is 6.10 Å². The van der Waals surface area contributed by atoms with E-state index in [2.05, 4.69) is 4.98 Å². The fraction of sp³-hybridized carbons (Fsp3) is 0.409. The molecular formula is C22H22F5N3O4S. The predicted octanol–water partition coefficient (Wildman–Crippen LogP) is 4.82. The van der Waals surface area contributed by atoms with Crippen molar-refractivity contribution in [2.75, 3.05) is 0 Å². The Morgan fingerprint density at radius 1 is 1.23 bits per heavy atom. The van der Waals surface area contributed by atoms with Gasteiger partial charge in [-0.1, -0.05) is 6.07 Å². The number of alkyl halides is 5. The van der Waals surface area contributed by atoms with E-state index in [1.54, 1.807) is 10.8 Å². The lowest BCUT2D eigenvalue weighted by Gasteiger charge is -2.30. The molecule has 2 aromatic heterocycles. The molecule has 7 nitrogen and oxygen atoms in total. The van der Waals surface area contributed by atoms with E-state index in [1.165, 1.54) is 30.1 Å². The molecule has 0 radical (unpaired) electrons. The first-order valence-corrected chi connectivity index (χ1v) is 11.8. The van der Waals surface area contributed by atoms with E-state index < -0.39 is 35.5 Å². The maximum atomic E-state index is 13.7. The smallest absolute Gasteiger partial charge is 0.408 e. The van der Waals surface area contributed by atoms with Crippen molar-refractivity contribution in [1.29, 1.82) is 0 Å². The van der Waals surface area contributed by atoms with Crippen LogP contribution in [0.1, 0.15) is 37.3 Å². The standard InChI is InChI=1S/C22H22F5N3O4S/c1-30-11-16(14-6-9-28-18(14)20(30)31)15-10-12(19(22(25,26)27)29-35(32)33)2-3-17(15)34-13-4-7-21(23,24)8-5-13/h2-3,6,9-11,13,19,28-29H,4-5,7-8H2,1H3,(H,32,33). The zero-order valence-corrected chi connectivity index (χ0v) is 19.2. The molecule has 3 aromatic rings.